The van der Waals surface area contributed by atoms with Crippen LogP contribution in [0.25, 0.3) is 0 Å². The van der Waals surface area contributed by atoms with E-state index in [9.17, 15) is 13.2 Å². The molecule has 0 aliphatic carbocycles. The molecule has 1 aromatic carbocycles. The van der Waals surface area contributed by atoms with Crippen LogP contribution in [-0.2, 0) is 13.8 Å². The third kappa shape index (κ3) is 2.06. The van der Waals surface area contributed by atoms with Gasteiger partial charge in [0.1, 0.15) is 0 Å². The van der Waals surface area contributed by atoms with Crippen LogP contribution < -0.4 is 0 Å². The molecule has 3 nitrogen and oxygen atoms in total. The highest BCUT2D eigenvalue weighted by Gasteiger charge is 2.08. The van der Waals surface area contributed by atoms with Crippen LogP contribution in [0, 0.1) is 0 Å². The minimum absolute atomic E-state index is 0.0248. The number of hydrogen-bond acceptors (Lipinski definition) is 3. The zero-order chi connectivity index (χ0) is 9.19. The summed E-state index contributed by atoms with van der Waals surface area (Å²) in [5.41, 5.74) is 0.291. The van der Waals surface area contributed by atoms with Crippen molar-refractivity contribution in [2.24, 2.45) is 0 Å². The van der Waals surface area contributed by atoms with E-state index in [1.165, 1.54) is 24.3 Å². The van der Waals surface area contributed by atoms with E-state index in [2.05, 4.69) is 0 Å². The van der Waals surface area contributed by atoms with E-state index in [0.717, 1.165) is 0 Å². The van der Waals surface area contributed by atoms with Gasteiger partial charge in [-0.1, -0.05) is 0 Å². The van der Waals surface area contributed by atoms with E-state index in [1.54, 1.807) is 6.29 Å². The Morgan fingerprint density at radius 1 is 1.17 bits per heavy atom. The fraction of sp³-hybridized carbons (Fsp3) is 0. The highest BCUT2D eigenvalue weighted by molar-refractivity contribution is 8.13. The molecule has 0 aliphatic heterocycles. The van der Waals surface area contributed by atoms with Gasteiger partial charge in [-0.15, -0.1) is 0 Å². The maximum atomic E-state index is 10.7. The smallest absolute Gasteiger partial charge is 0.261 e. The van der Waals surface area contributed by atoms with Gasteiger partial charge in [-0.25, -0.2) is 8.42 Å². The van der Waals surface area contributed by atoms with Crippen molar-refractivity contribution in [2.45, 2.75) is 4.90 Å². The Morgan fingerprint density at radius 3 is 2.00 bits per heavy atom. The number of rotatable bonds is 2. The van der Waals surface area contributed by atoms with Crippen molar-refractivity contribution in [1.29, 1.82) is 0 Å². The molecule has 63 valence electrons. The molecule has 1 radical (unpaired) electrons. The number of hydrogen-bond donors (Lipinski definition) is 0. The average Bonchev–Trinajstić information content (AvgIpc) is 2.03. The SMILES string of the molecule is O=[C]c1ccc(S(=O)(=O)Cl)cc1. The molecule has 0 N–H and O–H groups in total. The summed E-state index contributed by atoms with van der Waals surface area (Å²) in [4.78, 5) is 10.0. The second-order valence-electron chi connectivity index (χ2n) is 2.06. The fourth-order valence-electron chi connectivity index (χ4n) is 0.686. The number of carbonyl (C=O) groups excluding carboxylic acids is 1. The van der Waals surface area contributed by atoms with Crippen LogP contribution in [-0.4, -0.2) is 14.7 Å². The summed E-state index contributed by atoms with van der Waals surface area (Å²) in [6, 6.07) is 5.18. The molecular formula is C7H4ClO3S. The summed E-state index contributed by atoms with van der Waals surface area (Å²) in [5, 5.41) is 0. The van der Waals surface area contributed by atoms with E-state index < -0.39 is 9.05 Å². The maximum absolute atomic E-state index is 10.7. The van der Waals surface area contributed by atoms with Gasteiger partial charge in [0.15, 0.2) is 0 Å². The van der Waals surface area contributed by atoms with Crippen molar-refractivity contribution >= 4 is 26.0 Å². The zero-order valence-corrected chi connectivity index (χ0v) is 7.39. The quantitative estimate of drug-likeness (QED) is 0.676. The van der Waals surface area contributed by atoms with Crippen LogP contribution in [0.15, 0.2) is 29.2 Å². The molecular weight excluding hydrogens is 200 g/mol. The van der Waals surface area contributed by atoms with E-state index in [1.807, 2.05) is 0 Å². The molecule has 0 heterocycles. The van der Waals surface area contributed by atoms with Gasteiger partial charge in [0, 0.05) is 16.2 Å². The van der Waals surface area contributed by atoms with Gasteiger partial charge in [0.2, 0.25) is 6.29 Å². The van der Waals surface area contributed by atoms with Crippen LogP contribution in [0.5, 0.6) is 0 Å². The second-order valence-corrected chi connectivity index (χ2v) is 4.63. The topological polar surface area (TPSA) is 51.2 Å². The van der Waals surface area contributed by atoms with E-state index in [-0.39, 0.29) is 4.90 Å². The molecule has 0 bridgehead atoms. The van der Waals surface area contributed by atoms with Crippen LogP contribution in [0.3, 0.4) is 0 Å². The lowest BCUT2D eigenvalue weighted by molar-refractivity contribution is 0.562. The van der Waals surface area contributed by atoms with Gasteiger partial charge in [-0.05, 0) is 24.3 Å². The summed E-state index contributed by atoms with van der Waals surface area (Å²) in [6.45, 7) is 0. The third-order valence-electron chi connectivity index (χ3n) is 1.25. The minimum atomic E-state index is -3.69. The van der Waals surface area contributed by atoms with Crippen molar-refractivity contribution < 1.29 is 13.2 Å². The fourth-order valence-corrected chi connectivity index (χ4v) is 1.46. The molecule has 1 aromatic rings. The summed E-state index contributed by atoms with van der Waals surface area (Å²) >= 11 is 0. The molecule has 0 aliphatic rings. The molecule has 0 spiro atoms. The molecule has 0 aromatic heterocycles. The standard InChI is InChI=1S/C7H4ClO3S/c8-12(10,11)7-3-1-6(5-9)2-4-7/h1-4H. The van der Waals surface area contributed by atoms with Crippen LogP contribution in [0.2, 0.25) is 0 Å². The molecule has 5 heteroatoms. The summed E-state index contributed by atoms with van der Waals surface area (Å²) < 4.78 is 21.4. The Balaban J connectivity index is 3.17. The summed E-state index contributed by atoms with van der Waals surface area (Å²) in [7, 11) is 1.34. The van der Waals surface area contributed by atoms with Gasteiger partial charge in [-0.2, -0.15) is 0 Å². The largest absolute Gasteiger partial charge is 0.285 e. The minimum Gasteiger partial charge on any atom is -0.285 e. The molecule has 0 fully saturated rings. The molecule has 0 unspecified atom stereocenters. The maximum Gasteiger partial charge on any atom is 0.261 e. The summed E-state index contributed by atoms with van der Waals surface area (Å²) in [5.74, 6) is 0. The molecule has 0 amide bonds. The van der Waals surface area contributed by atoms with Crippen molar-refractivity contribution in [3.8, 4) is 0 Å². The first-order valence-electron chi connectivity index (χ1n) is 2.97. The highest BCUT2D eigenvalue weighted by atomic mass is 35.7. The molecule has 1 rings (SSSR count). The van der Waals surface area contributed by atoms with Crippen LogP contribution in [0.4, 0.5) is 0 Å². The Labute approximate surface area is 74.4 Å². The summed E-state index contributed by atoms with van der Waals surface area (Å²) in [6.07, 6.45) is 1.62. The van der Waals surface area contributed by atoms with Crippen molar-refractivity contribution in [3.63, 3.8) is 0 Å². The Hall–Kier alpha value is -0.870. The normalized spacial score (nSPS) is 11.1. The highest BCUT2D eigenvalue weighted by Crippen LogP contribution is 2.14. The lowest BCUT2D eigenvalue weighted by Gasteiger charge is -1.93. The van der Waals surface area contributed by atoms with Gasteiger partial charge in [-0.3, -0.25) is 4.79 Å². The van der Waals surface area contributed by atoms with Crippen LogP contribution >= 0.6 is 10.7 Å². The lowest BCUT2D eigenvalue weighted by atomic mass is 10.2. The molecule has 0 saturated heterocycles. The van der Waals surface area contributed by atoms with Crippen LogP contribution in [0.1, 0.15) is 5.56 Å². The van der Waals surface area contributed by atoms with Crippen molar-refractivity contribution in [1.82, 2.24) is 0 Å². The van der Waals surface area contributed by atoms with Crippen molar-refractivity contribution in [2.75, 3.05) is 0 Å². The van der Waals surface area contributed by atoms with E-state index >= 15 is 0 Å². The first-order valence-corrected chi connectivity index (χ1v) is 5.28. The zero-order valence-electron chi connectivity index (χ0n) is 5.82. The Bertz CT molecular complexity index is 380. The van der Waals surface area contributed by atoms with E-state index in [0.29, 0.717) is 5.56 Å². The molecule has 0 atom stereocenters. The predicted octanol–water partition coefficient (Wildman–Crippen LogP) is 1.07. The second kappa shape index (κ2) is 3.25. The Kier molecular flexibility index (Phi) is 2.49. The molecule has 0 saturated carbocycles. The number of halogens is 1. The first-order chi connectivity index (χ1) is 5.54. The Morgan fingerprint density at radius 2 is 1.67 bits per heavy atom. The lowest BCUT2D eigenvalue weighted by Crippen LogP contribution is -1.90. The van der Waals surface area contributed by atoms with E-state index in [4.69, 9.17) is 10.7 Å². The van der Waals surface area contributed by atoms with Gasteiger partial charge < -0.3 is 0 Å². The monoisotopic (exact) mass is 203 g/mol. The van der Waals surface area contributed by atoms with Gasteiger partial charge >= 0.3 is 0 Å². The average molecular weight is 204 g/mol. The van der Waals surface area contributed by atoms with Crippen molar-refractivity contribution in [3.05, 3.63) is 29.8 Å². The number of benzene rings is 1. The third-order valence-corrected chi connectivity index (χ3v) is 2.62. The van der Waals surface area contributed by atoms with Gasteiger partial charge in [0.05, 0.1) is 4.90 Å². The van der Waals surface area contributed by atoms with Gasteiger partial charge in [0.25, 0.3) is 9.05 Å². The molecule has 12 heavy (non-hydrogen) atoms. The predicted molar refractivity (Wildman–Crippen MR) is 44.3 cm³/mol. The first kappa shape index (κ1) is 9.22.